The van der Waals surface area contributed by atoms with Crippen LogP contribution in [0.2, 0.25) is 0 Å². The SMILES string of the molecule is C/C=C\C=C(/C)C(C)C.CC.CC. The van der Waals surface area contributed by atoms with Crippen LogP contribution >= 0.6 is 0 Å². The lowest BCUT2D eigenvalue weighted by Crippen LogP contribution is -1.86. The van der Waals surface area contributed by atoms with Crippen molar-refractivity contribution in [3.05, 3.63) is 23.8 Å². The van der Waals surface area contributed by atoms with Crippen LogP contribution in [0, 0.1) is 5.92 Å². The van der Waals surface area contributed by atoms with Crippen molar-refractivity contribution in [2.45, 2.75) is 55.4 Å². The number of hydrogen-bond acceptors (Lipinski definition) is 0. The van der Waals surface area contributed by atoms with Crippen molar-refractivity contribution in [2.75, 3.05) is 0 Å². The predicted octanol–water partition coefficient (Wildman–Crippen LogP) is 5.22. The Bertz CT molecular complexity index is 116. The fourth-order valence-corrected chi connectivity index (χ4v) is 0.440. The summed E-state index contributed by atoms with van der Waals surface area (Å²) in [7, 11) is 0. The Kier molecular flexibility index (Phi) is 24.7. The highest BCUT2D eigenvalue weighted by Crippen LogP contribution is 2.06. The minimum absolute atomic E-state index is 0.682. The van der Waals surface area contributed by atoms with E-state index < -0.39 is 0 Å². The molecule has 0 nitrogen and oxygen atoms in total. The molecule has 0 aliphatic carbocycles. The van der Waals surface area contributed by atoms with E-state index in [9.17, 15) is 0 Å². The molecule has 0 spiro atoms. The van der Waals surface area contributed by atoms with Gasteiger partial charge in [0, 0.05) is 0 Å². The first-order chi connectivity index (χ1) is 6.18. The van der Waals surface area contributed by atoms with Gasteiger partial charge in [0.05, 0.1) is 0 Å². The average Bonchev–Trinajstić information content (AvgIpc) is 2.20. The van der Waals surface area contributed by atoms with Crippen molar-refractivity contribution in [1.29, 1.82) is 0 Å². The zero-order valence-electron chi connectivity index (χ0n) is 10.8. The van der Waals surface area contributed by atoms with Gasteiger partial charge in [-0.15, -0.1) is 0 Å². The first kappa shape index (κ1) is 18.3. The first-order valence-electron chi connectivity index (χ1n) is 5.48. The number of rotatable bonds is 2. The lowest BCUT2D eigenvalue weighted by Gasteiger charge is -2.01. The van der Waals surface area contributed by atoms with E-state index in [0.717, 1.165) is 0 Å². The smallest absolute Gasteiger partial charge is 0.0260 e. The van der Waals surface area contributed by atoms with Crippen molar-refractivity contribution < 1.29 is 0 Å². The maximum atomic E-state index is 2.20. The van der Waals surface area contributed by atoms with Gasteiger partial charge in [-0.2, -0.15) is 0 Å². The quantitative estimate of drug-likeness (QED) is 0.516. The second kappa shape index (κ2) is 17.5. The van der Waals surface area contributed by atoms with Crippen LogP contribution in [0.25, 0.3) is 0 Å². The van der Waals surface area contributed by atoms with Crippen molar-refractivity contribution in [1.82, 2.24) is 0 Å². The summed E-state index contributed by atoms with van der Waals surface area (Å²) in [5, 5.41) is 0. The minimum atomic E-state index is 0.682. The molecule has 0 amide bonds. The summed E-state index contributed by atoms with van der Waals surface area (Å²) in [5.74, 6) is 0.682. The molecule has 0 aromatic rings. The van der Waals surface area contributed by atoms with Crippen LogP contribution in [0.5, 0.6) is 0 Å². The van der Waals surface area contributed by atoms with Crippen molar-refractivity contribution in [2.24, 2.45) is 5.92 Å². The molecule has 0 radical (unpaired) electrons. The monoisotopic (exact) mass is 184 g/mol. The van der Waals surface area contributed by atoms with Gasteiger partial charge < -0.3 is 0 Å². The van der Waals surface area contributed by atoms with Crippen molar-refractivity contribution in [3.8, 4) is 0 Å². The summed E-state index contributed by atoms with van der Waals surface area (Å²) in [4.78, 5) is 0. The third-order valence-corrected chi connectivity index (χ3v) is 1.46. The molecule has 0 atom stereocenters. The minimum Gasteiger partial charge on any atom is -0.0877 e. The van der Waals surface area contributed by atoms with E-state index in [1.807, 2.05) is 40.7 Å². The molecule has 0 saturated carbocycles. The summed E-state index contributed by atoms with van der Waals surface area (Å²) in [6.07, 6.45) is 6.28. The lowest BCUT2D eigenvalue weighted by atomic mass is 10.1. The van der Waals surface area contributed by atoms with Crippen LogP contribution in [0.15, 0.2) is 23.8 Å². The van der Waals surface area contributed by atoms with Gasteiger partial charge in [-0.25, -0.2) is 0 Å². The van der Waals surface area contributed by atoms with E-state index in [0.29, 0.717) is 5.92 Å². The lowest BCUT2D eigenvalue weighted by molar-refractivity contribution is 0.769. The molecule has 0 rings (SSSR count). The maximum absolute atomic E-state index is 2.20. The summed E-state index contributed by atoms with van der Waals surface area (Å²) in [6, 6.07) is 0. The van der Waals surface area contributed by atoms with E-state index in [1.54, 1.807) is 0 Å². The first-order valence-corrected chi connectivity index (χ1v) is 5.48. The van der Waals surface area contributed by atoms with Crippen LogP contribution < -0.4 is 0 Å². The zero-order chi connectivity index (χ0) is 11.3. The van der Waals surface area contributed by atoms with Gasteiger partial charge in [-0.3, -0.25) is 0 Å². The summed E-state index contributed by atoms with van der Waals surface area (Å²) in [5.41, 5.74) is 1.44. The Hall–Kier alpha value is -0.520. The molecular formula is C13H28. The zero-order valence-corrected chi connectivity index (χ0v) is 10.8. The van der Waals surface area contributed by atoms with Gasteiger partial charge in [0.2, 0.25) is 0 Å². The Morgan fingerprint density at radius 2 is 1.38 bits per heavy atom. The van der Waals surface area contributed by atoms with E-state index >= 15 is 0 Å². The molecule has 0 unspecified atom stereocenters. The molecule has 0 saturated heterocycles. The van der Waals surface area contributed by atoms with Gasteiger partial charge in [0.1, 0.15) is 0 Å². The van der Waals surface area contributed by atoms with Gasteiger partial charge in [-0.05, 0) is 19.8 Å². The van der Waals surface area contributed by atoms with Crippen molar-refractivity contribution >= 4 is 0 Å². The van der Waals surface area contributed by atoms with Crippen molar-refractivity contribution in [3.63, 3.8) is 0 Å². The van der Waals surface area contributed by atoms with Gasteiger partial charge in [-0.1, -0.05) is 65.3 Å². The van der Waals surface area contributed by atoms with E-state index in [-0.39, 0.29) is 0 Å². The molecule has 0 heterocycles. The molecule has 0 aromatic carbocycles. The maximum Gasteiger partial charge on any atom is -0.0260 e. The summed E-state index contributed by atoms with van der Waals surface area (Å²) < 4.78 is 0. The highest BCUT2D eigenvalue weighted by Gasteiger charge is 1.91. The molecule has 0 aliphatic heterocycles. The van der Waals surface area contributed by atoms with Crippen LogP contribution in [0.4, 0.5) is 0 Å². The van der Waals surface area contributed by atoms with Crippen LogP contribution in [0.3, 0.4) is 0 Å². The average molecular weight is 184 g/mol. The summed E-state index contributed by atoms with van der Waals surface area (Å²) >= 11 is 0. The molecular weight excluding hydrogens is 156 g/mol. The van der Waals surface area contributed by atoms with E-state index in [4.69, 9.17) is 0 Å². The highest BCUT2D eigenvalue weighted by atomic mass is 14.0. The highest BCUT2D eigenvalue weighted by molar-refractivity contribution is 5.11. The molecule has 0 heteroatoms. The van der Waals surface area contributed by atoms with Crippen LogP contribution in [0.1, 0.15) is 55.4 Å². The topological polar surface area (TPSA) is 0 Å². The summed E-state index contributed by atoms with van der Waals surface area (Å²) in [6.45, 7) is 16.6. The molecule has 0 fully saturated rings. The third kappa shape index (κ3) is 18.4. The van der Waals surface area contributed by atoms with Gasteiger partial charge in [0.25, 0.3) is 0 Å². The predicted molar refractivity (Wildman–Crippen MR) is 66.1 cm³/mol. The second-order valence-electron chi connectivity index (χ2n) is 2.59. The van der Waals surface area contributed by atoms with Gasteiger partial charge >= 0.3 is 0 Å². The normalized spacial score (nSPS) is 10.4. The molecule has 0 aromatic heterocycles. The Labute approximate surface area is 85.8 Å². The third-order valence-electron chi connectivity index (χ3n) is 1.46. The Morgan fingerprint density at radius 3 is 1.62 bits per heavy atom. The molecule has 0 N–H and O–H groups in total. The largest absolute Gasteiger partial charge is 0.0877 e. The van der Waals surface area contributed by atoms with E-state index in [1.165, 1.54) is 5.57 Å². The number of hydrogen-bond donors (Lipinski definition) is 0. The Balaban J connectivity index is -0.000000218. The molecule has 13 heavy (non-hydrogen) atoms. The fourth-order valence-electron chi connectivity index (χ4n) is 0.440. The standard InChI is InChI=1S/C9H16.2C2H6/c1-5-6-7-9(4)8(2)3;2*1-2/h5-8H,1-4H3;2*1-2H3/b6-5-,9-7+;;. The van der Waals surface area contributed by atoms with E-state index in [2.05, 4.69) is 32.9 Å². The molecule has 0 aliphatic rings. The second-order valence-corrected chi connectivity index (χ2v) is 2.59. The molecule has 0 bridgehead atoms. The van der Waals surface area contributed by atoms with Crippen LogP contribution in [-0.4, -0.2) is 0 Å². The number of allylic oxidation sites excluding steroid dienone is 4. The Morgan fingerprint density at radius 1 is 1.00 bits per heavy atom. The molecule has 80 valence electrons. The van der Waals surface area contributed by atoms with Crippen LogP contribution in [-0.2, 0) is 0 Å². The van der Waals surface area contributed by atoms with Gasteiger partial charge in [0.15, 0.2) is 0 Å². The fraction of sp³-hybridized carbons (Fsp3) is 0.692.